The summed E-state index contributed by atoms with van der Waals surface area (Å²) >= 11 is 0. The summed E-state index contributed by atoms with van der Waals surface area (Å²) in [5, 5.41) is 2.31. The number of nitrogens with two attached hydrogens (primary N) is 1. The molecule has 1 fully saturated rings. The first-order valence-electron chi connectivity index (χ1n) is 10.8. The van der Waals surface area contributed by atoms with E-state index in [2.05, 4.69) is 10.1 Å². The number of phosphoric acid groups is 1. The molecule has 1 aliphatic rings. The summed E-state index contributed by atoms with van der Waals surface area (Å²) in [7, 11) is -2.93. The highest BCUT2D eigenvalue weighted by atomic mass is 31.2. The number of hydrogen-bond acceptors (Lipinski definition) is 12. The molecule has 0 aromatic carbocycles. The molecule has 3 atom stereocenters. The maximum absolute atomic E-state index is 12.7. The van der Waals surface area contributed by atoms with E-state index in [1.165, 1.54) is 7.11 Å². The Kier molecular flexibility index (Phi) is 12.1. The monoisotopic (exact) mass is 510 g/mol. The average Bonchev–Trinajstić information content (AvgIpc) is 2.77. The highest BCUT2D eigenvalue weighted by Gasteiger charge is 2.48. The predicted molar refractivity (Wildman–Crippen MR) is 117 cm³/mol. The second-order valence-electron chi connectivity index (χ2n) is 8.63. The van der Waals surface area contributed by atoms with Crippen LogP contribution in [0.25, 0.3) is 0 Å². The van der Waals surface area contributed by atoms with Crippen molar-refractivity contribution in [2.75, 3.05) is 33.7 Å². The molecule has 0 spiro atoms. The number of phosphoric ester groups is 1. The molecule has 1 rings (SSSR count). The fourth-order valence-corrected chi connectivity index (χ4v) is 4.22. The van der Waals surface area contributed by atoms with E-state index < -0.39 is 50.2 Å². The zero-order chi connectivity index (χ0) is 25.9. The number of hydrogen-bond donors (Lipinski definition) is 2. The van der Waals surface area contributed by atoms with Crippen molar-refractivity contribution < 1.29 is 51.5 Å². The Morgan fingerprint density at radius 2 is 1.85 bits per heavy atom. The second-order valence-corrected chi connectivity index (χ2v) is 10.3. The SMILES string of the molecule is COC(=O)CCCC(=O)[C@@H]1OP(=O)(OCOC(=O)NCCOC(=O)[C@@H](N)C(C)C)OCC1(C)C. The zero-order valence-electron chi connectivity index (χ0n) is 20.2. The quantitative estimate of drug-likeness (QED) is 0.121. The van der Waals surface area contributed by atoms with Crippen LogP contribution in [0.1, 0.15) is 47.0 Å². The van der Waals surface area contributed by atoms with Gasteiger partial charge >= 0.3 is 25.9 Å². The lowest BCUT2D eigenvalue weighted by molar-refractivity contribution is -0.146. The predicted octanol–water partition coefficient (Wildman–Crippen LogP) is 1.68. The normalized spacial score (nSPS) is 22.5. The van der Waals surface area contributed by atoms with Gasteiger partial charge in [0.1, 0.15) is 18.8 Å². The van der Waals surface area contributed by atoms with E-state index in [4.69, 9.17) is 28.8 Å². The number of nitrogens with one attached hydrogen (secondary N) is 1. The molecular formula is C20H35N2O11P. The van der Waals surface area contributed by atoms with Gasteiger partial charge in [-0.05, 0) is 12.3 Å². The van der Waals surface area contributed by atoms with Crippen molar-refractivity contribution in [3.63, 3.8) is 0 Å². The molecule has 1 unspecified atom stereocenters. The van der Waals surface area contributed by atoms with Crippen molar-refractivity contribution in [3.05, 3.63) is 0 Å². The first-order chi connectivity index (χ1) is 15.8. The van der Waals surface area contributed by atoms with Gasteiger partial charge in [0.2, 0.25) is 6.79 Å². The van der Waals surface area contributed by atoms with Crippen molar-refractivity contribution in [1.82, 2.24) is 5.32 Å². The highest BCUT2D eigenvalue weighted by molar-refractivity contribution is 7.48. The molecule has 1 aliphatic heterocycles. The van der Waals surface area contributed by atoms with E-state index in [1.54, 1.807) is 27.7 Å². The third-order valence-corrected chi connectivity index (χ3v) is 6.21. The summed E-state index contributed by atoms with van der Waals surface area (Å²) < 4.78 is 42.4. The minimum Gasteiger partial charge on any atom is -0.469 e. The molecule has 1 amide bonds. The third-order valence-electron chi connectivity index (χ3n) is 4.87. The van der Waals surface area contributed by atoms with E-state index in [9.17, 15) is 23.7 Å². The van der Waals surface area contributed by atoms with Crippen LogP contribution in [-0.4, -0.2) is 69.6 Å². The van der Waals surface area contributed by atoms with E-state index in [0.29, 0.717) is 0 Å². The summed E-state index contributed by atoms with van der Waals surface area (Å²) in [6.07, 6.45) is -1.72. The van der Waals surface area contributed by atoms with Crippen LogP contribution in [0.5, 0.6) is 0 Å². The maximum Gasteiger partial charge on any atom is 0.478 e. The Labute approximate surface area is 198 Å². The summed E-state index contributed by atoms with van der Waals surface area (Å²) in [6, 6.07) is -0.762. The Morgan fingerprint density at radius 3 is 2.47 bits per heavy atom. The zero-order valence-corrected chi connectivity index (χ0v) is 21.1. The molecule has 0 aromatic heterocycles. The van der Waals surface area contributed by atoms with Crippen molar-refractivity contribution in [3.8, 4) is 0 Å². The summed E-state index contributed by atoms with van der Waals surface area (Å²) in [6.45, 7) is 5.91. The smallest absolute Gasteiger partial charge is 0.469 e. The van der Waals surface area contributed by atoms with Gasteiger partial charge in [0, 0.05) is 18.3 Å². The van der Waals surface area contributed by atoms with Crippen LogP contribution in [0.2, 0.25) is 0 Å². The minimum absolute atomic E-state index is 0.00868. The number of ether oxygens (including phenoxy) is 3. The standard InChI is InChI=1S/C20H35N2O11P/c1-13(2)16(21)18(25)29-10-9-22-19(26)30-12-32-34(27)31-11-20(3,4)17(33-34)14(23)7-6-8-15(24)28-5/h13,16-17H,6-12,21H2,1-5H3,(H,22,26)/t16-,17-,34?/m0/s1. The Hall–Kier alpha value is -2.05. The molecule has 13 nitrogen and oxygen atoms in total. The fourth-order valence-electron chi connectivity index (χ4n) is 2.69. The first kappa shape index (κ1) is 30.0. The Balaban J connectivity index is 2.42. The number of carbonyl (C=O) groups is 4. The van der Waals surface area contributed by atoms with Crippen LogP contribution >= 0.6 is 7.82 Å². The van der Waals surface area contributed by atoms with Gasteiger partial charge in [0.05, 0.1) is 20.3 Å². The van der Waals surface area contributed by atoms with E-state index in [1.807, 2.05) is 0 Å². The van der Waals surface area contributed by atoms with Crippen LogP contribution in [0.3, 0.4) is 0 Å². The summed E-state index contributed by atoms with van der Waals surface area (Å²) in [5.74, 6) is -1.49. The van der Waals surface area contributed by atoms with Crippen molar-refractivity contribution >= 4 is 31.6 Å². The topological polar surface area (TPSA) is 179 Å². The number of amides is 1. The number of methoxy groups -OCH3 is 1. The lowest BCUT2D eigenvalue weighted by atomic mass is 9.84. The van der Waals surface area contributed by atoms with E-state index in [0.717, 1.165) is 0 Å². The molecule has 0 radical (unpaired) electrons. The first-order valence-corrected chi connectivity index (χ1v) is 12.3. The average molecular weight is 510 g/mol. The lowest BCUT2D eigenvalue weighted by Gasteiger charge is -2.39. The molecule has 3 N–H and O–H groups in total. The highest BCUT2D eigenvalue weighted by Crippen LogP contribution is 2.57. The molecule has 0 aliphatic carbocycles. The Bertz CT molecular complexity index is 772. The summed E-state index contributed by atoms with van der Waals surface area (Å²) in [4.78, 5) is 47.1. The van der Waals surface area contributed by atoms with Crippen molar-refractivity contribution in [2.24, 2.45) is 17.1 Å². The second kappa shape index (κ2) is 13.7. The van der Waals surface area contributed by atoms with Gasteiger partial charge in [0.15, 0.2) is 5.78 Å². The largest absolute Gasteiger partial charge is 0.478 e. The van der Waals surface area contributed by atoms with Crippen LogP contribution in [0.4, 0.5) is 4.79 Å². The molecular weight excluding hydrogens is 475 g/mol. The van der Waals surface area contributed by atoms with Gasteiger partial charge in [-0.3, -0.25) is 23.4 Å². The van der Waals surface area contributed by atoms with Crippen molar-refractivity contribution in [2.45, 2.75) is 59.1 Å². The van der Waals surface area contributed by atoms with Gasteiger partial charge in [-0.15, -0.1) is 0 Å². The van der Waals surface area contributed by atoms with Gasteiger partial charge in [-0.1, -0.05) is 27.7 Å². The van der Waals surface area contributed by atoms with Crippen LogP contribution in [-0.2, 0) is 46.7 Å². The molecule has 0 bridgehead atoms. The van der Waals surface area contributed by atoms with Gasteiger partial charge in [-0.2, -0.15) is 0 Å². The van der Waals surface area contributed by atoms with Crippen LogP contribution < -0.4 is 11.1 Å². The lowest BCUT2D eigenvalue weighted by Crippen LogP contribution is -2.45. The number of carbonyl (C=O) groups excluding carboxylic acids is 4. The molecule has 0 saturated carbocycles. The van der Waals surface area contributed by atoms with Crippen molar-refractivity contribution in [1.29, 1.82) is 0 Å². The van der Waals surface area contributed by atoms with Gasteiger partial charge in [-0.25, -0.2) is 13.9 Å². The van der Waals surface area contributed by atoms with Gasteiger partial charge in [0.25, 0.3) is 0 Å². The van der Waals surface area contributed by atoms with E-state index in [-0.39, 0.29) is 50.7 Å². The summed E-state index contributed by atoms with van der Waals surface area (Å²) in [5.41, 5.74) is 4.85. The number of rotatable bonds is 13. The minimum atomic E-state index is -4.18. The number of ketones is 1. The molecule has 196 valence electrons. The third kappa shape index (κ3) is 10.1. The van der Waals surface area contributed by atoms with Gasteiger partial charge < -0.3 is 25.3 Å². The molecule has 14 heteroatoms. The number of Topliss-reactive ketones (excluding diaryl/α,β-unsaturated/α-hetero) is 1. The number of alkyl carbamates (subject to hydrolysis) is 1. The molecule has 34 heavy (non-hydrogen) atoms. The number of esters is 2. The molecule has 1 heterocycles. The fraction of sp³-hybridized carbons (Fsp3) is 0.800. The molecule has 1 saturated heterocycles. The van der Waals surface area contributed by atoms with Crippen LogP contribution in [0, 0.1) is 11.3 Å². The Morgan fingerprint density at radius 1 is 1.18 bits per heavy atom. The molecule has 0 aromatic rings. The maximum atomic E-state index is 12.7. The van der Waals surface area contributed by atoms with E-state index >= 15 is 0 Å². The van der Waals surface area contributed by atoms with Crippen LogP contribution in [0.15, 0.2) is 0 Å².